The summed E-state index contributed by atoms with van der Waals surface area (Å²) < 4.78 is 32.0. The second kappa shape index (κ2) is 7.78. The van der Waals surface area contributed by atoms with Crippen molar-refractivity contribution in [3.8, 4) is 5.75 Å². The van der Waals surface area contributed by atoms with E-state index in [4.69, 9.17) is 4.74 Å². The zero-order chi connectivity index (χ0) is 20.4. The van der Waals surface area contributed by atoms with Gasteiger partial charge in [0.15, 0.2) is 23.1 Å². The van der Waals surface area contributed by atoms with Crippen LogP contribution in [0.15, 0.2) is 48.9 Å². The number of aryl methyl sites for hydroxylation is 1. The first-order valence-corrected chi connectivity index (χ1v) is 8.91. The number of halogens is 2. The molecule has 1 aromatic carbocycles. The Morgan fingerprint density at radius 1 is 1.07 bits per heavy atom. The first-order valence-electron chi connectivity index (χ1n) is 8.91. The molecule has 1 fully saturated rings. The Kier molecular flexibility index (Phi) is 5.03. The summed E-state index contributed by atoms with van der Waals surface area (Å²) in [5.74, 6) is -1.22. The average molecular weight is 397 g/mol. The van der Waals surface area contributed by atoms with E-state index in [0.717, 1.165) is 17.7 Å². The molecule has 9 heteroatoms. The number of pyridine rings is 1. The molecular formula is C20H17F2N5O2. The third kappa shape index (κ3) is 4.13. The first-order chi connectivity index (χ1) is 14.0. The summed E-state index contributed by atoms with van der Waals surface area (Å²) in [6.07, 6.45) is 4.31. The summed E-state index contributed by atoms with van der Waals surface area (Å²) in [5.41, 5.74) is 1.14. The minimum absolute atomic E-state index is 0.169. The van der Waals surface area contributed by atoms with Gasteiger partial charge in [-0.15, -0.1) is 0 Å². The van der Waals surface area contributed by atoms with E-state index in [1.165, 1.54) is 18.5 Å². The Hall–Kier alpha value is -3.62. The van der Waals surface area contributed by atoms with Crippen molar-refractivity contribution >= 4 is 17.5 Å². The number of anilines is 2. The molecule has 3 aromatic rings. The van der Waals surface area contributed by atoms with Gasteiger partial charge in [-0.25, -0.2) is 23.7 Å². The standard InChI is InChI=1S/C20H17F2N5O2/c1-12-4-5-23-17(8-12)26-20(28)18-19(25-7-6-24-18)27-10-14(11-27)29-13-2-3-15(21)16(22)9-13/h2-9,14H,10-11H2,1H3,(H,23,26,28). The molecule has 1 aliphatic heterocycles. The highest BCUT2D eigenvalue weighted by molar-refractivity contribution is 6.05. The van der Waals surface area contributed by atoms with E-state index in [-0.39, 0.29) is 17.5 Å². The second-order valence-corrected chi connectivity index (χ2v) is 6.62. The number of ether oxygens (including phenoxy) is 1. The SMILES string of the molecule is Cc1ccnc(NC(=O)c2nccnc2N2CC(Oc3ccc(F)c(F)c3)C2)c1. The molecule has 0 unspecified atom stereocenters. The van der Waals surface area contributed by atoms with Gasteiger partial charge in [-0.3, -0.25) is 4.79 Å². The fourth-order valence-corrected chi connectivity index (χ4v) is 2.93. The van der Waals surface area contributed by atoms with Gasteiger partial charge in [-0.2, -0.15) is 0 Å². The molecule has 2 aromatic heterocycles. The highest BCUT2D eigenvalue weighted by Gasteiger charge is 2.33. The van der Waals surface area contributed by atoms with E-state index in [2.05, 4.69) is 20.3 Å². The summed E-state index contributed by atoms with van der Waals surface area (Å²) in [6.45, 7) is 2.76. The van der Waals surface area contributed by atoms with Gasteiger partial charge < -0.3 is 15.0 Å². The molecule has 0 saturated carbocycles. The van der Waals surface area contributed by atoms with E-state index in [0.29, 0.717) is 24.7 Å². The third-order valence-electron chi connectivity index (χ3n) is 4.39. The van der Waals surface area contributed by atoms with E-state index >= 15 is 0 Å². The Labute approximate surface area is 165 Å². The molecule has 4 rings (SSSR count). The van der Waals surface area contributed by atoms with Crippen LogP contribution in [-0.4, -0.2) is 40.1 Å². The Morgan fingerprint density at radius 3 is 2.62 bits per heavy atom. The smallest absolute Gasteiger partial charge is 0.279 e. The molecule has 148 valence electrons. The van der Waals surface area contributed by atoms with Gasteiger partial charge >= 0.3 is 0 Å². The highest BCUT2D eigenvalue weighted by Crippen LogP contribution is 2.26. The Bertz CT molecular complexity index is 1060. The third-order valence-corrected chi connectivity index (χ3v) is 4.39. The van der Waals surface area contributed by atoms with Crippen LogP contribution in [0.2, 0.25) is 0 Å². The van der Waals surface area contributed by atoms with Crippen LogP contribution in [0.25, 0.3) is 0 Å². The van der Waals surface area contributed by atoms with Gasteiger partial charge in [0.2, 0.25) is 0 Å². The number of aromatic nitrogens is 3. The number of nitrogens with one attached hydrogen (secondary N) is 1. The van der Waals surface area contributed by atoms with Crippen molar-refractivity contribution < 1.29 is 18.3 Å². The van der Waals surface area contributed by atoms with E-state index in [1.54, 1.807) is 12.3 Å². The number of nitrogens with zero attached hydrogens (tertiary/aromatic N) is 4. The minimum Gasteiger partial charge on any atom is -0.487 e. The normalized spacial score (nSPS) is 13.7. The maximum Gasteiger partial charge on any atom is 0.279 e. The molecule has 1 amide bonds. The Morgan fingerprint density at radius 2 is 1.86 bits per heavy atom. The number of benzene rings is 1. The summed E-state index contributed by atoms with van der Waals surface area (Å²) in [7, 11) is 0. The van der Waals surface area contributed by atoms with Gasteiger partial charge in [0.05, 0.1) is 13.1 Å². The van der Waals surface area contributed by atoms with Crippen molar-refractivity contribution in [2.24, 2.45) is 0 Å². The second-order valence-electron chi connectivity index (χ2n) is 6.62. The monoisotopic (exact) mass is 397 g/mol. The van der Waals surface area contributed by atoms with Crippen LogP contribution in [0, 0.1) is 18.6 Å². The van der Waals surface area contributed by atoms with E-state index < -0.39 is 17.5 Å². The molecule has 0 radical (unpaired) electrons. The molecule has 1 N–H and O–H groups in total. The van der Waals surface area contributed by atoms with Gasteiger partial charge in [-0.05, 0) is 36.8 Å². The lowest BCUT2D eigenvalue weighted by atomic mass is 10.1. The molecule has 3 heterocycles. The van der Waals surface area contributed by atoms with Crippen LogP contribution in [-0.2, 0) is 0 Å². The summed E-state index contributed by atoms with van der Waals surface area (Å²) in [6, 6.07) is 6.98. The van der Waals surface area contributed by atoms with Crippen molar-refractivity contribution in [3.05, 3.63) is 71.8 Å². The van der Waals surface area contributed by atoms with Crippen molar-refractivity contribution in [3.63, 3.8) is 0 Å². The van der Waals surface area contributed by atoms with Gasteiger partial charge in [-0.1, -0.05) is 0 Å². The van der Waals surface area contributed by atoms with Gasteiger partial charge in [0.25, 0.3) is 5.91 Å². The summed E-state index contributed by atoms with van der Waals surface area (Å²) >= 11 is 0. The predicted octanol–water partition coefficient (Wildman–Crippen LogP) is 2.98. The number of hydrogen-bond donors (Lipinski definition) is 1. The number of rotatable bonds is 5. The minimum atomic E-state index is -0.962. The summed E-state index contributed by atoms with van der Waals surface area (Å²) in [4.78, 5) is 27.0. The Balaban J connectivity index is 1.42. The van der Waals surface area contributed by atoms with Crippen LogP contribution < -0.4 is 15.0 Å². The fraction of sp³-hybridized carbons (Fsp3) is 0.200. The molecule has 0 spiro atoms. The lowest BCUT2D eigenvalue weighted by molar-refractivity contribution is 0.102. The lowest BCUT2D eigenvalue weighted by Gasteiger charge is -2.40. The quantitative estimate of drug-likeness (QED) is 0.713. The molecular weight excluding hydrogens is 380 g/mol. The molecule has 0 atom stereocenters. The van der Waals surface area contributed by atoms with E-state index in [9.17, 15) is 13.6 Å². The number of carbonyl (C=O) groups excluding carboxylic acids is 1. The maximum atomic E-state index is 13.3. The fourth-order valence-electron chi connectivity index (χ4n) is 2.93. The van der Waals surface area contributed by atoms with Crippen molar-refractivity contribution in [1.29, 1.82) is 0 Å². The molecule has 0 bridgehead atoms. The van der Waals surface area contributed by atoms with Gasteiger partial charge in [0, 0.05) is 24.7 Å². The van der Waals surface area contributed by atoms with Crippen LogP contribution in [0.1, 0.15) is 16.1 Å². The van der Waals surface area contributed by atoms with Crippen LogP contribution in [0.5, 0.6) is 5.75 Å². The van der Waals surface area contributed by atoms with Gasteiger partial charge in [0.1, 0.15) is 17.7 Å². The molecule has 0 aliphatic carbocycles. The van der Waals surface area contributed by atoms with Crippen LogP contribution >= 0.6 is 0 Å². The molecule has 7 nitrogen and oxygen atoms in total. The summed E-state index contributed by atoms with van der Waals surface area (Å²) in [5, 5.41) is 2.72. The van der Waals surface area contributed by atoms with Crippen molar-refractivity contribution in [2.75, 3.05) is 23.3 Å². The number of carbonyl (C=O) groups is 1. The zero-order valence-corrected chi connectivity index (χ0v) is 15.5. The van der Waals surface area contributed by atoms with Crippen LogP contribution in [0.3, 0.4) is 0 Å². The predicted molar refractivity (Wildman–Crippen MR) is 102 cm³/mol. The van der Waals surface area contributed by atoms with E-state index in [1.807, 2.05) is 17.9 Å². The largest absolute Gasteiger partial charge is 0.487 e. The molecule has 1 aliphatic rings. The lowest BCUT2D eigenvalue weighted by Crippen LogP contribution is -2.54. The topological polar surface area (TPSA) is 80.2 Å². The average Bonchev–Trinajstić information content (AvgIpc) is 2.67. The number of hydrogen-bond acceptors (Lipinski definition) is 6. The number of amides is 1. The zero-order valence-electron chi connectivity index (χ0n) is 15.5. The molecule has 29 heavy (non-hydrogen) atoms. The van der Waals surface area contributed by atoms with Crippen molar-refractivity contribution in [2.45, 2.75) is 13.0 Å². The van der Waals surface area contributed by atoms with Crippen LogP contribution in [0.4, 0.5) is 20.4 Å². The maximum absolute atomic E-state index is 13.3. The van der Waals surface area contributed by atoms with Crippen molar-refractivity contribution in [1.82, 2.24) is 15.0 Å². The first kappa shape index (κ1) is 18.7. The highest BCUT2D eigenvalue weighted by atomic mass is 19.2. The molecule has 1 saturated heterocycles.